The molecule has 0 bridgehead atoms. The van der Waals surface area contributed by atoms with E-state index in [0.29, 0.717) is 16.5 Å². The zero-order chi connectivity index (χ0) is 13.1. The number of nitrogens with zero attached hydrogens (tertiary/aromatic N) is 1. The zero-order valence-electron chi connectivity index (χ0n) is 9.26. The maximum Gasteiger partial charge on any atom is 0.254 e. The minimum Gasteiger partial charge on any atom is -0.437 e. The van der Waals surface area contributed by atoms with Gasteiger partial charge in [-0.2, -0.15) is 0 Å². The van der Waals surface area contributed by atoms with Gasteiger partial charge in [0.15, 0.2) is 0 Å². The van der Waals surface area contributed by atoms with Gasteiger partial charge < -0.3 is 16.2 Å². The highest BCUT2D eigenvalue weighted by molar-refractivity contribution is 6.32. The molecule has 2 rings (SSSR count). The molecule has 1 aromatic heterocycles. The number of carbonyl (C=O) groups is 1. The lowest BCUT2D eigenvalue weighted by atomic mass is 10.2. The lowest BCUT2D eigenvalue weighted by molar-refractivity contribution is 0.0997. The van der Waals surface area contributed by atoms with E-state index in [0.717, 1.165) is 0 Å². The summed E-state index contributed by atoms with van der Waals surface area (Å²) in [5, 5.41) is 0.366. The van der Waals surface area contributed by atoms with Crippen LogP contribution >= 0.6 is 11.6 Å². The summed E-state index contributed by atoms with van der Waals surface area (Å²) < 4.78 is 5.46. The van der Waals surface area contributed by atoms with E-state index in [1.165, 1.54) is 12.3 Å². The van der Waals surface area contributed by atoms with Crippen molar-refractivity contribution in [1.82, 2.24) is 4.98 Å². The smallest absolute Gasteiger partial charge is 0.254 e. The normalized spacial score (nSPS) is 10.1. The Balaban J connectivity index is 2.40. The summed E-state index contributed by atoms with van der Waals surface area (Å²) in [6.07, 6.45) is 1.49. The number of amides is 1. The first-order valence-corrected chi connectivity index (χ1v) is 5.43. The summed E-state index contributed by atoms with van der Waals surface area (Å²) in [6, 6.07) is 7.89. The third-order valence-electron chi connectivity index (χ3n) is 2.20. The number of nitrogens with two attached hydrogens (primary N) is 2. The zero-order valence-corrected chi connectivity index (χ0v) is 10.0. The molecule has 0 aliphatic carbocycles. The second-order valence-electron chi connectivity index (χ2n) is 3.51. The Kier molecular flexibility index (Phi) is 3.34. The molecule has 0 aliphatic rings. The molecule has 0 aliphatic heterocycles. The highest BCUT2D eigenvalue weighted by Gasteiger charge is 2.12. The first kappa shape index (κ1) is 12.2. The SMILES string of the molecule is NC(=O)c1cccnc1Oc1cc(N)ccc1Cl. The Morgan fingerprint density at radius 3 is 2.83 bits per heavy atom. The minimum atomic E-state index is -0.627. The number of ether oxygens (including phenoxy) is 1. The van der Waals surface area contributed by atoms with Crippen molar-refractivity contribution in [2.45, 2.75) is 0 Å². The number of halogens is 1. The highest BCUT2D eigenvalue weighted by Crippen LogP contribution is 2.31. The van der Waals surface area contributed by atoms with Crippen LogP contribution in [0.1, 0.15) is 10.4 Å². The molecule has 0 saturated heterocycles. The van der Waals surface area contributed by atoms with Crippen LogP contribution in [-0.4, -0.2) is 10.9 Å². The fraction of sp³-hybridized carbons (Fsp3) is 0. The number of aromatic nitrogens is 1. The van der Waals surface area contributed by atoms with Crippen LogP contribution in [0.2, 0.25) is 5.02 Å². The molecule has 92 valence electrons. The number of carbonyl (C=O) groups excluding carboxylic acids is 1. The van der Waals surface area contributed by atoms with Gasteiger partial charge in [-0.25, -0.2) is 4.98 Å². The molecule has 18 heavy (non-hydrogen) atoms. The second kappa shape index (κ2) is 4.93. The van der Waals surface area contributed by atoms with Crippen molar-refractivity contribution in [3.63, 3.8) is 0 Å². The van der Waals surface area contributed by atoms with Crippen molar-refractivity contribution in [2.75, 3.05) is 5.73 Å². The monoisotopic (exact) mass is 263 g/mol. The van der Waals surface area contributed by atoms with Gasteiger partial charge in [-0.15, -0.1) is 0 Å². The molecule has 0 spiro atoms. The predicted octanol–water partition coefficient (Wildman–Crippen LogP) is 2.21. The van der Waals surface area contributed by atoms with Crippen molar-refractivity contribution in [3.05, 3.63) is 47.1 Å². The lowest BCUT2D eigenvalue weighted by Gasteiger charge is -2.09. The molecule has 0 fully saturated rings. The minimum absolute atomic E-state index is 0.0949. The maximum absolute atomic E-state index is 11.2. The molecule has 0 atom stereocenters. The molecule has 1 amide bonds. The average molecular weight is 264 g/mol. The van der Waals surface area contributed by atoms with Crippen molar-refractivity contribution in [2.24, 2.45) is 5.73 Å². The number of anilines is 1. The summed E-state index contributed by atoms with van der Waals surface area (Å²) in [4.78, 5) is 15.2. The Bertz CT molecular complexity index is 602. The van der Waals surface area contributed by atoms with Gasteiger partial charge in [0, 0.05) is 18.0 Å². The number of nitrogen functional groups attached to an aromatic ring is 1. The molecule has 1 heterocycles. The van der Waals surface area contributed by atoms with Crippen LogP contribution in [0.25, 0.3) is 0 Å². The third-order valence-corrected chi connectivity index (χ3v) is 2.51. The average Bonchev–Trinajstić information content (AvgIpc) is 2.34. The van der Waals surface area contributed by atoms with Gasteiger partial charge in [0.05, 0.1) is 5.02 Å². The van der Waals surface area contributed by atoms with Crippen LogP contribution < -0.4 is 16.2 Å². The molecule has 0 radical (unpaired) electrons. The van der Waals surface area contributed by atoms with Gasteiger partial charge in [-0.3, -0.25) is 4.79 Å². The third kappa shape index (κ3) is 2.52. The predicted molar refractivity (Wildman–Crippen MR) is 68.7 cm³/mol. The molecule has 6 heteroatoms. The summed E-state index contributed by atoms with van der Waals surface area (Å²) in [5.74, 6) is -0.214. The topological polar surface area (TPSA) is 91.2 Å². The molecule has 5 nitrogen and oxygen atoms in total. The van der Waals surface area contributed by atoms with Gasteiger partial charge in [0.1, 0.15) is 11.3 Å². The fourth-order valence-electron chi connectivity index (χ4n) is 1.36. The molecular formula is C12H10ClN3O2. The Labute approximate surface area is 108 Å². The van der Waals surface area contributed by atoms with E-state index in [2.05, 4.69) is 4.98 Å². The first-order valence-electron chi connectivity index (χ1n) is 5.05. The Hall–Kier alpha value is -2.27. The van der Waals surface area contributed by atoms with E-state index in [9.17, 15) is 4.79 Å². The van der Waals surface area contributed by atoms with E-state index in [-0.39, 0.29) is 11.4 Å². The fourth-order valence-corrected chi connectivity index (χ4v) is 1.52. The van der Waals surface area contributed by atoms with Crippen LogP contribution in [-0.2, 0) is 0 Å². The van der Waals surface area contributed by atoms with E-state index in [1.807, 2.05) is 0 Å². The summed E-state index contributed by atoms with van der Waals surface area (Å²) in [6.45, 7) is 0. The summed E-state index contributed by atoms with van der Waals surface area (Å²) in [7, 11) is 0. The van der Waals surface area contributed by atoms with Crippen LogP contribution in [0, 0.1) is 0 Å². The number of primary amides is 1. The standard InChI is InChI=1S/C12H10ClN3O2/c13-9-4-3-7(14)6-10(9)18-12-8(11(15)17)2-1-5-16-12/h1-6H,14H2,(H2,15,17). The van der Waals surface area contributed by atoms with Gasteiger partial charge in [0.25, 0.3) is 5.91 Å². The Morgan fingerprint density at radius 1 is 1.33 bits per heavy atom. The molecule has 2 aromatic rings. The van der Waals surface area contributed by atoms with Crippen molar-refractivity contribution in [1.29, 1.82) is 0 Å². The van der Waals surface area contributed by atoms with E-state index in [4.69, 9.17) is 27.8 Å². The van der Waals surface area contributed by atoms with E-state index < -0.39 is 5.91 Å². The number of pyridine rings is 1. The van der Waals surface area contributed by atoms with E-state index >= 15 is 0 Å². The first-order chi connectivity index (χ1) is 8.58. The lowest BCUT2D eigenvalue weighted by Crippen LogP contribution is -2.12. The van der Waals surface area contributed by atoms with Gasteiger partial charge >= 0.3 is 0 Å². The van der Waals surface area contributed by atoms with Gasteiger partial charge in [-0.1, -0.05) is 11.6 Å². The highest BCUT2D eigenvalue weighted by atomic mass is 35.5. The quantitative estimate of drug-likeness (QED) is 0.831. The summed E-state index contributed by atoms with van der Waals surface area (Å²) in [5.41, 5.74) is 11.5. The van der Waals surface area contributed by atoms with Gasteiger partial charge in [0.2, 0.25) is 5.88 Å². The summed E-state index contributed by atoms with van der Waals surface area (Å²) >= 11 is 5.95. The molecule has 1 aromatic carbocycles. The van der Waals surface area contributed by atoms with Crippen molar-refractivity contribution >= 4 is 23.2 Å². The largest absolute Gasteiger partial charge is 0.437 e. The van der Waals surface area contributed by atoms with E-state index in [1.54, 1.807) is 24.3 Å². The molecule has 4 N–H and O–H groups in total. The van der Waals surface area contributed by atoms with Crippen LogP contribution in [0.4, 0.5) is 5.69 Å². The number of hydrogen-bond donors (Lipinski definition) is 2. The Morgan fingerprint density at radius 2 is 2.11 bits per heavy atom. The van der Waals surface area contributed by atoms with Crippen LogP contribution in [0.3, 0.4) is 0 Å². The van der Waals surface area contributed by atoms with Crippen LogP contribution in [0.15, 0.2) is 36.5 Å². The van der Waals surface area contributed by atoms with Gasteiger partial charge in [-0.05, 0) is 24.3 Å². The second-order valence-corrected chi connectivity index (χ2v) is 3.92. The number of rotatable bonds is 3. The number of benzene rings is 1. The molecule has 0 saturated carbocycles. The molecular weight excluding hydrogens is 254 g/mol. The number of hydrogen-bond acceptors (Lipinski definition) is 4. The van der Waals surface area contributed by atoms with Crippen molar-refractivity contribution in [3.8, 4) is 11.6 Å². The van der Waals surface area contributed by atoms with Crippen LogP contribution in [0.5, 0.6) is 11.6 Å². The molecule has 0 unspecified atom stereocenters. The van der Waals surface area contributed by atoms with Crippen molar-refractivity contribution < 1.29 is 9.53 Å². The maximum atomic E-state index is 11.2.